The number of rotatable bonds is 2. The van der Waals surface area contributed by atoms with Gasteiger partial charge in [0.15, 0.2) is 0 Å². The van der Waals surface area contributed by atoms with Crippen molar-refractivity contribution in [2.75, 3.05) is 18.8 Å². The SMILES string of the molecule is Cc1ccc(N)c(C(O)C2CCNC2)c1. The van der Waals surface area contributed by atoms with Crippen molar-refractivity contribution < 1.29 is 5.11 Å². The van der Waals surface area contributed by atoms with Gasteiger partial charge in [0, 0.05) is 23.7 Å². The van der Waals surface area contributed by atoms with Gasteiger partial charge < -0.3 is 16.2 Å². The smallest absolute Gasteiger partial charge is 0.0850 e. The number of nitrogens with two attached hydrogens (primary N) is 1. The molecule has 1 aromatic rings. The molecule has 1 saturated heterocycles. The van der Waals surface area contributed by atoms with Crippen LogP contribution >= 0.6 is 0 Å². The van der Waals surface area contributed by atoms with Crippen LogP contribution in [0.2, 0.25) is 0 Å². The molecule has 3 nitrogen and oxygen atoms in total. The van der Waals surface area contributed by atoms with E-state index in [1.165, 1.54) is 0 Å². The Morgan fingerprint density at radius 1 is 1.53 bits per heavy atom. The predicted octanol–water partition coefficient (Wildman–Crippen LogP) is 1.22. The fourth-order valence-corrected chi connectivity index (χ4v) is 2.15. The number of aliphatic hydroxyl groups is 1. The molecule has 2 unspecified atom stereocenters. The van der Waals surface area contributed by atoms with E-state index < -0.39 is 6.10 Å². The summed E-state index contributed by atoms with van der Waals surface area (Å²) in [5.41, 5.74) is 8.59. The lowest BCUT2D eigenvalue weighted by Crippen LogP contribution is -2.17. The molecule has 2 atom stereocenters. The highest BCUT2D eigenvalue weighted by Gasteiger charge is 2.25. The summed E-state index contributed by atoms with van der Waals surface area (Å²) in [6.07, 6.45) is 0.592. The molecule has 1 aliphatic heterocycles. The first-order valence-electron chi connectivity index (χ1n) is 5.43. The minimum absolute atomic E-state index is 0.300. The van der Waals surface area contributed by atoms with Crippen LogP contribution in [-0.4, -0.2) is 18.2 Å². The summed E-state index contributed by atoms with van der Waals surface area (Å²) in [6.45, 7) is 3.89. The Bertz CT molecular complexity index is 345. The first kappa shape index (κ1) is 10.5. The zero-order valence-electron chi connectivity index (χ0n) is 9.03. The van der Waals surface area contributed by atoms with Crippen LogP contribution in [0.25, 0.3) is 0 Å². The molecular weight excluding hydrogens is 188 g/mol. The molecule has 3 heteroatoms. The molecule has 1 fully saturated rings. The highest BCUT2D eigenvalue weighted by Crippen LogP contribution is 2.30. The number of nitrogens with one attached hydrogen (secondary N) is 1. The van der Waals surface area contributed by atoms with E-state index in [4.69, 9.17) is 5.73 Å². The van der Waals surface area contributed by atoms with Crippen molar-refractivity contribution >= 4 is 5.69 Å². The number of hydrogen-bond acceptors (Lipinski definition) is 3. The normalized spacial score (nSPS) is 22.9. The first-order chi connectivity index (χ1) is 7.18. The van der Waals surface area contributed by atoms with Crippen LogP contribution < -0.4 is 11.1 Å². The molecular formula is C12H18N2O. The lowest BCUT2D eigenvalue weighted by atomic mass is 9.93. The number of anilines is 1. The van der Waals surface area contributed by atoms with Gasteiger partial charge in [-0.25, -0.2) is 0 Å². The van der Waals surface area contributed by atoms with Gasteiger partial charge in [0.1, 0.15) is 0 Å². The summed E-state index contributed by atoms with van der Waals surface area (Å²) < 4.78 is 0. The van der Waals surface area contributed by atoms with Gasteiger partial charge in [-0.3, -0.25) is 0 Å². The minimum atomic E-state index is -0.431. The molecule has 0 aliphatic carbocycles. The average molecular weight is 206 g/mol. The third kappa shape index (κ3) is 2.13. The number of hydrogen-bond donors (Lipinski definition) is 3. The van der Waals surface area contributed by atoms with Crippen molar-refractivity contribution in [2.24, 2.45) is 5.92 Å². The van der Waals surface area contributed by atoms with E-state index in [0.29, 0.717) is 11.6 Å². The summed E-state index contributed by atoms with van der Waals surface area (Å²) in [7, 11) is 0. The average Bonchev–Trinajstić information content (AvgIpc) is 2.74. The molecule has 1 aliphatic rings. The summed E-state index contributed by atoms with van der Waals surface area (Å²) in [5.74, 6) is 0.300. The van der Waals surface area contributed by atoms with Crippen molar-refractivity contribution in [3.63, 3.8) is 0 Å². The highest BCUT2D eigenvalue weighted by atomic mass is 16.3. The molecule has 0 bridgehead atoms. The highest BCUT2D eigenvalue weighted by molar-refractivity contribution is 5.49. The van der Waals surface area contributed by atoms with Crippen LogP contribution in [-0.2, 0) is 0 Å². The van der Waals surface area contributed by atoms with E-state index in [-0.39, 0.29) is 0 Å². The van der Waals surface area contributed by atoms with E-state index in [1.54, 1.807) is 0 Å². The number of nitrogen functional groups attached to an aromatic ring is 1. The van der Waals surface area contributed by atoms with E-state index >= 15 is 0 Å². The molecule has 0 saturated carbocycles. The Morgan fingerprint density at radius 2 is 2.33 bits per heavy atom. The van der Waals surface area contributed by atoms with Crippen molar-refractivity contribution in [3.8, 4) is 0 Å². The summed E-state index contributed by atoms with van der Waals surface area (Å²) in [4.78, 5) is 0. The Morgan fingerprint density at radius 3 is 3.00 bits per heavy atom. The monoisotopic (exact) mass is 206 g/mol. The zero-order valence-corrected chi connectivity index (χ0v) is 9.03. The molecule has 1 aromatic carbocycles. The third-order valence-electron chi connectivity index (χ3n) is 3.11. The fourth-order valence-electron chi connectivity index (χ4n) is 2.15. The summed E-state index contributed by atoms with van der Waals surface area (Å²) in [5, 5.41) is 13.5. The predicted molar refractivity (Wildman–Crippen MR) is 61.5 cm³/mol. The molecule has 0 spiro atoms. The van der Waals surface area contributed by atoms with E-state index in [1.807, 2.05) is 25.1 Å². The lowest BCUT2D eigenvalue weighted by molar-refractivity contribution is 0.119. The van der Waals surface area contributed by atoms with Crippen molar-refractivity contribution in [2.45, 2.75) is 19.4 Å². The second-order valence-corrected chi connectivity index (χ2v) is 4.33. The number of aliphatic hydroxyl groups excluding tert-OH is 1. The summed E-state index contributed by atoms with van der Waals surface area (Å²) in [6, 6.07) is 5.83. The quantitative estimate of drug-likeness (QED) is 0.638. The lowest BCUT2D eigenvalue weighted by Gasteiger charge is -2.19. The van der Waals surface area contributed by atoms with Gasteiger partial charge in [-0.05, 0) is 26.0 Å². The third-order valence-corrected chi connectivity index (χ3v) is 3.11. The maximum Gasteiger partial charge on any atom is 0.0850 e. The van der Waals surface area contributed by atoms with Gasteiger partial charge in [0.05, 0.1) is 6.10 Å². The summed E-state index contributed by atoms with van der Waals surface area (Å²) >= 11 is 0. The van der Waals surface area contributed by atoms with Gasteiger partial charge in [-0.15, -0.1) is 0 Å². The van der Waals surface area contributed by atoms with Crippen LogP contribution in [0.15, 0.2) is 18.2 Å². The molecule has 15 heavy (non-hydrogen) atoms. The minimum Gasteiger partial charge on any atom is -0.398 e. The van der Waals surface area contributed by atoms with Crippen molar-refractivity contribution in [1.29, 1.82) is 0 Å². The van der Waals surface area contributed by atoms with Gasteiger partial charge in [0.25, 0.3) is 0 Å². The Kier molecular flexibility index (Phi) is 2.93. The van der Waals surface area contributed by atoms with Gasteiger partial charge in [-0.1, -0.05) is 17.7 Å². The second-order valence-electron chi connectivity index (χ2n) is 4.33. The topological polar surface area (TPSA) is 58.3 Å². The largest absolute Gasteiger partial charge is 0.398 e. The Balaban J connectivity index is 2.23. The second kappa shape index (κ2) is 4.21. The van der Waals surface area contributed by atoms with Crippen LogP contribution in [0.5, 0.6) is 0 Å². The first-order valence-corrected chi connectivity index (χ1v) is 5.43. The van der Waals surface area contributed by atoms with Crippen LogP contribution in [0, 0.1) is 12.8 Å². The van der Waals surface area contributed by atoms with Crippen LogP contribution in [0.3, 0.4) is 0 Å². The number of aryl methyl sites for hydroxylation is 1. The molecule has 4 N–H and O–H groups in total. The zero-order chi connectivity index (χ0) is 10.8. The van der Waals surface area contributed by atoms with Gasteiger partial charge >= 0.3 is 0 Å². The molecule has 82 valence electrons. The van der Waals surface area contributed by atoms with Crippen molar-refractivity contribution in [3.05, 3.63) is 29.3 Å². The standard InChI is InChI=1S/C12H18N2O/c1-8-2-3-11(13)10(6-8)12(15)9-4-5-14-7-9/h2-3,6,9,12,14-15H,4-5,7,13H2,1H3. The fraction of sp³-hybridized carbons (Fsp3) is 0.500. The van der Waals surface area contributed by atoms with Gasteiger partial charge in [-0.2, -0.15) is 0 Å². The molecule has 2 rings (SSSR count). The van der Waals surface area contributed by atoms with Crippen LogP contribution in [0.1, 0.15) is 23.7 Å². The molecule has 0 aromatic heterocycles. The van der Waals surface area contributed by atoms with Crippen molar-refractivity contribution in [1.82, 2.24) is 5.32 Å². The van der Waals surface area contributed by atoms with E-state index in [2.05, 4.69) is 5.32 Å². The van der Waals surface area contributed by atoms with Gasteiger partial charge in [0.2, 0.25) is 0 Å². The van der Waals surface area contributed by atoms with Crippen LogP contribution in [0.4, 0.5) is 5.69 Å². The Labute approximate surface area is 90.3 Å². The Hall–Kier alpha value is -1.06. The maximum absolute atomic E-state index is 10.2. The van der Waals surface area contributed by atoms with E-state index in [0.717, 1.165) is 30.6 Å². The number of benzene rings is 1. The molecule has 0 amide bonds. The van der Waals surface area contributed by atoms with E-state index in [9.17, 15) is 5.11 Å². The maximum atomic E-state index is 10.2. The molecule has 0 radical (unpaired) electrons. The molecule has 1 heterocycles.